The summed E-state index contributed by atoms with van der Waals surface area (Å²) in [4.78, 5) is 0. The summed E-state index contributed by atoms with van der Waals surface area (Å²) in [6.07, 6.45) is 7.76. The van der Waals surface area contributed by atoms with Gasteiger partial charge in [0.1, 0.15) is 6.10 Å². The van der Waals surface area contributed by atoms with E-state index in [0.29, 0.717) is 13.2 Å². The Hall–Kier alpha value is -1.86. The van der Waals surface area contributed by atoms with Crippen molar-refractivity contribution in [2.24, 2.45) is 0 Å². The first kappa shape index (κ1) is 12.8. The molecule has 2 aliphatic rings. The number of hydrogen-bond acceptors (Lipinski definition) is 5. The molecule has 21 heavy (non-hydrogen) atoms. The van der Waals surface area contributed by atoms with Gasteiger partial charge in [0.05, 0.1) is 37.8 Å². The van der Waals surface area contributed by atoms with Gasteiger partial charge >= 0.3 is 0 Å². The highest BCUT2D eigenvalue weighted by Gasteiger charge is 2.30. The Kier molecular flexibility index (Phi) is 3.36. The van der Waals surface area contributed by atoms with Crippen LogP contribution >= 0.6 is 0 Å². The number of nitrogens with zero attached hydrogens (tertiary/aromatic N) is 3. The highest BCUT2D eigenvalue weighted by molar-refractivity contribution is 5.20. The third-order valence-corrected chi connectivity index (χ3v) is 4.16. The van der Waals surface area contributed by atoms with Crippen LogP contribution in [0.25, 0.3) is 0 Å². The zero-order chi connectivity index (χ0) is 14.1. The highest BCUT2D eigenvalue weighted by atomic mass is 16.5. The monoisotopic (exact) mass is 289 g/mol. The van der Waals surface area contributed by atoms with E-state index in [1.54, 1.807) is 12.4 Å². The van der Waals surface area contributed by atoms with Crippen molar-refractivity contribution in [3.63, 3.8) is 0 Å². The van der Waals surface area contributed by atoms with E-state index in [9.17, 15) is 0 Å². The molecular formula is C14H19N5O2. The molecule has 2 aliphatic heterocycles. The maximum atomic E-state index is 5.89. The third kappa shape index (κ3) is 2.54. The molecule has 2 atom stereocenters. The summed E-state index contributed by atoms with van der Waals surface area (Å²) >= 11 is 0. The number of aryl methyl sites for hydroxylation is 1. The molecule has 2 aromatic heterocycles. The fourth-order valence-electron chi connectivity index (χ4n) is 3.04. The largest absolute Gasteiger partial charge is 0.483 e. The number of nitrogens with one attached hydrogen (secondary N) is 2. The molecule has 0 aliphatic carbocycles. The smallest absolute Gasteiger partial charge is 0.157 e. The van der Waals surface area contributed by atoms with Gasteiger partial charge < -0.3 is 14.8 Å². The number of hydrogen-bond donors (Lipinski definition) is 2. The van der Waals surface area contributed by atoms with Crippen LogP contribution in [0.15, 0.2) is 18.6 Å². The van der Waals surface area contributed by atoms with Crippen molar-refractivity contribution in [3.8, 4) is 5.75 Å². The van der Waals surface area contributed by atoms with Crippen LogP contribution in [0.3, 0.4) is 0 Å². The summed E-state index contributed by atoms with van der Waals surface area (Å²) in [5, 5.41) is 14.6. The average molecular weight is 289 g/mol. The molecule has 4 rings (SSSR count). The molecule has 2 aromatic rings. The first-order chi connectivity index (χ1) is 10.4. The SMILES string of the molecule is c1n[nH]cc1O[C@@H]1COC[C@@H]1NCc1cnn2c1CCC2. The summed E-state index contributed by atoms with van der Waals surface area (Å²) in [5.74, 6) is 0.753. The third-order valence-electron chi connectivity index (χ3n) is 4.16. The van der Waals surface area contributed by atoms with Crippen LogP contribution in [-0.4, -0.2) is 45.3 Å². The van der Waals surface area contributed by atoms with Gasteiger partial charge in [-0.3, -0.25) is 9.78 Å². The van der Waals surface area contributed by atoms with Crippen LogP contribution in [0.5, 0.6) is 5.75 Å². The molecule has 0 unspecified atom stereocenters. The van der Waals surface area contributed by atoms with Gasteiger partial charge in [-0.1, -0.05) is 0 Å². The van der Waals surface area contributed by atoms with E-state index in [1.165, 1.54) is 17.7 Å². The molecule has 0 amide bonds. The first-order valence-electron chi connectivity index (χ1n) is 7.40. The van der Waals surface area contributed by atoms with Gasteiger partial charge in [-0.2, -0.15) is 10.2 Å². The van der Waals surface area contributed by atoms with Crippen LogP contribution in [0.1, 0.15) is 17.7 Å². The molecule has 112 valence electrons. The first-order valence-corrected chi connectivity index (χ1v) is 7.40. The van der Waals surface area contributed by atoms with Gasteiger partial charge in [-0.05, 0) is 12.8 Å². The van der Waals surface area contributed by atoms with Gasteiger partial charge in [0.15, 0.2) is 5.75 Å². The zero-order valence-electron chi connectivity index (χ0n) is 11.8. The maximum absolute atomic E-state index is 5.89. The van der Waals surface area contributed by atoms with Crippen molar-refractivity contribution < 1.29 is 9.47 Å². The number of aromatic amines is 1. The number of rotatable bonds is 5. The van der Waals surface area contributed by atoms with Gasteiger partial charge in [-0.25, -0.2) is 0 Å². The molecule has 0 spiro atoms. The van der Waals surface area contributed by atoms with Crippen LogP contribution in [-0.2, 0) is 24.2 Å². The van der Waals surface area contributed by atoms with E-state index >= 15 is 0 Å². The minimum atomic E-state index is 0.0197. The number of fused-ring (bicyclic) bond motifs is 1. The second kappa shape index (κ2) is 5.50. The lowest BCUT2D eigenvalue weighted by atomic mass is 10.1. The average Bonchev–Trinajstić information content (AvgIpc) is 3.23. The van der Waals surface area contributed by atoms with Crippen molar-refractivity contribution in [1.29, 1.82) is 0 Å². The van der Waals surface area contributed by atoms with Gasteiger partial charge in [0.2, 0.25) is 0 Å². The van der Waals surface area contributed by atoms with Gasteiger partial charge in [0.25, 0.3) is 0 Å². The number of ether oxygens (including phenoxy) is 2. The molecular weight excluding hydrogens is 270 g/mol. The Morgan fingerprint density at radius 3 is 3.33 bits per heavy atom. The minimum Gasteiger partial charge on any atom is -0.483 e. The van der Waals surface area contributed by atoms with Crippen molar-refractivity contribution in [3.05, 3.63) is 29.8 Å². The van der Waals surface area contributed by atoms with E-state index in [1.807, 2.05) is 6.20 Å². The Morgan fingerprint density at radius 1 is 1.43 bits per heavy atom. The lowest BCUT2D eigenvalue weighted by molar-refractivity contribution is 0.139. The predicted molar refractivity (Wildman–Crippen MR) is 75.0 cm³/mol. The molecule has 0 aromatic carbocycles. The number of aromatic nitrogens is 4. The molecule has 2 N–H and O–H groups in total. The molecule has 0 saturated carbocycles. The van der Waals surface area contributed by atoms with E-state index in [2.05, 4.69) is 25.3 Å². The van der Waals surface area contributed by atoms with Crippen LogP contribution in [0.2, 0.25) is 0 Å². The fraction of sp³-hybridized carbons (Fsp3) is 0.571. The Bertz CT molecular complexity index is 595. The summed E-state index contributed by atoms with van der Waals surface area (Å²) in [6, 6.07) is 0.192. The van der Waals surface area contributed by atoms with Gasteiger partial charge in [-0.15, -0.1) is 0 Å². The topological polar surface area (TPSA) is 77.0 Å². The van der Waals surface area contributed by atoms with Crippen LogP contribution in [0, 0.1) is 0 Å². The van der Waals surface area contributed by atoms with E-state index in [-0.39, 0.29) is 12.1 Å². The van der Waals surface area contributed by atoms with E-state index < -0.39 is 0 Å². The molecule has 4 heterocycles. The minimum absolute atomic E-state index is 0.0197. The molecule has 1 saturated heterocycles. The van der Waals surface area contributed by atoms with E-state index in [4.69, 9.17) is 9.47 Å². The molecule has 1 fully saturated rings. The molecule has 7 heteroatoms. The summed E-state index contributed by atoms with van der Waals surface area (Å²) in [5.41, 5.74) is 2.66. The zero-order valence-corrected chi connectivity index (χ0v) is 11.8. The quantitative estimate of drug-likeness (QED) is 0.837. The lowest BCUT2D eigenvalue weighted by Gasteiger charge is -2.19. The van der Waals surface area contributed by atoms with Crippen LogP contribution < -0.4 is 10.1 Å². The fourth-order valence-corrected chi connectivity index (χ4v) is 3.04. The summed E-state index contributed by atoms with van der Waals surface area (Å²) in [6.45, 7) is 3.14. The van der Waals surface area contributed by atoms with Crippen LogP contribution in [0.4, 0.5) is 0 Å². The summed E-state index contributed by atoms with van der Waals surface area (Å²) < 4.78 is 13.5. The second-order valence-electron chi connectivity index (χ2n) is 5.56. The van der Waals surface area contributed by atoms with Gasteiger partial charge in [0, 0.05) is 24.3 Å². The normalized spacial score (nSPS) is 24.4. The van der Waals surface area contributed by atoms with Crippen molar-refractivity contribution in [2.45, 2.75) is 38.1 Å². The van der Waals surface area contributed by atoms with Crippen molar-refractivity contribution >= 4 is 0 Å². The highest BCUT2D eigenvalue weighted by Crippen LogP contribution is 2.19. The second-order valence-corrected chi connectivity index (χ2v) is 5.56. The Labute approximate surface area is 122 Å². The standard InChI is InChI=1S/C14H19N5O2/c1-2-13-10(5-18-19(13)3-1)4-15-12-8-20-9-14(12)21-11-6-16-17-7-11/h5-7,12,14-15H,1-4,8-9H2,(H,16,17)/t12-,14+/m0/s1. The molecule has 0 bridgehead atoms. The molecule has 0 radical (unpaired) electrons. The molecule has 7 nitrogen and oxygen atoms in total. The lowest BCUT2D eigenvalue weighted by Crippen LogP contribution is -2.41. The predicted octanol–water partition coefficient (Wildman–Crippen LogP) is 0.488. The van der Waals surface area contributed by atoms with Crippen molar-refractivity contribution in [1.82, 2.24) is 25.3 Å². The maximum Gasteiger partial charge on any atom is 0.157 e. The summed E-state index contributed by atoms with van der Waals surface area (Å²) in [7, 11) is 0. The van der Waals surface area contributed by atoms with Crippen molar-refractivity contribution in [2.75, 3.05) is 13.2 Å². The Balaban J connectivity index is 1.37. The Morgan fingerprint density at radius 2 is 2.43 bits per heavy atom. The number of H-pyrrole nitrogens is 1. The van der Waals surface area contributed by atoms with E-state index in [0.717, 1.165) is 25.3 Å².